The van der Waals surface area contributed by atoms with Crippen molar-refractivity contribution in [3.8, 4) is 0 Å². The van der Waals surface area contributed by atoms with Gasteiger partial charge in [0.15, 0.2) is 0 Å². The minimum atomic E-state index is -3.72. The Hall–Kier alpha value is -3.78. The van der Waals surface area contributed by atoms with E-state index in [2.05, 4.69) is 10.0 Å². The number of carbonyl (C=O) groups is 1. The predicted molar refractivity (Wildman–Crippen MR) is 123 cm³/mol. The van der Waals surface area contributed by atoms with Gasteiger partial charge >= 0.3 is 0 Å². The average Bonchev–Trinajstić information content (AvgIpc) is 3.38. The summed E-state index contributed by atoms with van der Waals surface area (Å²) in [5, 5.41) is 2.85. The van der Waals surface area contributed by atoms with Crippen molar-refractivity contribution in [2.24, 2.45) is 0 Å². The van der Waals surface area contributed by atoms with Crippen LogP contribution in [0.5, 0.6) is 0 Å². The van der Waals surface area contributed by atoms with Crippen LogP contribution in [0, 0.1) is 13.8 Å². The van der Waals surface area contributed by atoms with E-state index in [9.17, 15) is 13.2 Å². The monoisotopic (exact) mass is 449 g/mol. The average molecular weight is 450 g/mol. The summed E-state index contributed by atoms with van der Waals surface area (Å²) >= 11 is 0. The predicted octanol–water partition coefficient (Wildman–Crippen LogP) is 4.80. The number of sulfonamides is 1. The molecule has 2 aromatic carbocycles. The van der Waals surface area contributed by atoms with E-state index in [-0.39, 0.29) is 10.8 Å². The topological polar surface area (TPSA) is 93.3 Å². The Morgan fingerprint density at radius 2 is 1.69 bits per heavy atom. The molecule has 2 aromatic heterocycles. The van der Waals surface area contributed by atoms with Gasteiger partial charge in [-0.2, -0.15) is 0 Å². The van der Waals surface area contributed by atoms with Crippen molar-refractivity contribution in [2.75, 3.05) is 10.0 Å². The number of amides is 1. The van der Waals surface area contributed by atoms with E-state index in [0.29, 0.717) is 23.5 Å². The molecule has 4 aromatic rings. The summed E-state index contributed by atoms with van der Waals surface area (Å²) in [7, 11) is -3.72. The molecule has 1 amide bonds. The minimum Gasteiger partial charge on any atom is -0.467 e. The Kier molecular flexibility index (Phi) is 5.87. The van der Waals surface area contributed by atoms with Gasteiger partial charge in [0.1, 0.15) is 5.76 Å². The van der Waals surface area contributed by atoms with Crippen molar-refractivity contribution >= 4 is 27.3 Å². The number of aryl methyl sites for hydroxylation is 1. The van der Waals surface area contributed by atoms with Crippen LogP contribution in [0.4, 0.5) is 11.4 Å². The van der Waals surface area contributed by atoms with E-state index in [1.165, 1.54) is 12.1 Å². The number of aromatic nitrogens is 1. The molecule has 32 heavy (non-hydrogen) atoms. The normalized spacial score (nSPS) is 11.3. The van der Waals surface area contributed by atoms with E-state index in [1.807, 2.05) is 36.6 Å². The number of carbonyl (C=O) groups excluding carboxylic acids is 1. The fraction of sp³-hybridized carbons (Fsp3) is 0.125. The molecule has 0 unspecified atom stereocenters. The van der Waals surface area contributed by atoms with Crippen LogP contribution in [0.25, 0.3) is 0 Å². The molecule has 0 atom stereocenters. The summed E-state index contributed by atoms with van der Waals surface area (Å²) in [6.45, 7) is 4.36. The largest absolute Gasteiger partial charge is 0.467 e. The zero-order chi connectivity index (χ0) is 22.7. The highest BCUT2D eigenvalue weighted by Crippen LogP contribution is 2.22. The van der Waals surface area contributed by atoms with Crippen LogP contribution < -0.4 is 10.0 Å². The zero-order valence-electron chi connectivity index (χ0n) is 17.7. The van der Waals surface area contributed by atoms with Crippen molar-refractivity contribution in [3.05, 3.63) is 102 Å². The van der Waals surface area contributed by atoms with Gasteiger partial charge in [0.25, 0.3) is 15.9 Å². The molecule has 2 heterocycles. The molecule has 0 fully saturated rings. The summed E-state index contributed by atoms with van der Waals surface area (Å²) in [4.78, 5) is 13.1. The Labute approximate surface area is 186 Å². The third-order valence-electron chi connectivity index (χ3n) is 5.14. The van der Waals surface area contributed by atoms with Gasteiger partial charge in [-0.1, -0.05) is 24.3 Å². The molecule has 0 aliphatic rings. The highest BCUT2D eigenvalue weighted by molar-refractivity contribution is 7.92. The molecular weight excluding hydrogens is 426 g/mol. The maximum Gasteiger partial charge on any atom is 0.261 e. The third kappa shape index (κ3) is 4.60. The van der Waals surface area contributed by atoms with E-state index in [4.69, 9.17) is 4.42 Å². The van der Waals surface area contributed by atoms with Gasteiger partial charge in [-0.05, 0) is 62.4 Å². The first-order valence-corrected chi connectivity index (χ1v) is 11.5. The number of hydrogen-bond donors (Lipinski definition) is 2. The van der Waals surface area contributed by atoms with Crippen LogP contribution in [-0.4, -0.2) is 18.9 Å². The van der Waals surface area contributed by atoms with Crippen molar-refractivity contribution < 1.29 is 17.6 Å². The van der Waals surface area contributed by atoms with Gasteiger partial charge in [0.05, 0.1) is 29.0 Å². The molecular formula is C24H23N3O4S. The maximum atomic E-state index is 12.9. The second-order valence-electron chi connectivity index (χ2n) is 7.40. The highest BCUT2D eigenvalue weighted by atomic mass is 32.2. The van der Waals surface area contributed by atoms with Gasteiger partial charge in [-0.15, -0.1) is 0 Å². The molecule has 0 bridgehead atoms. The van der Waals surface area contributed by atoms with Gasteiger partial charge in [-0.25, -0.2) is 8.42 Å². The SMILES string of the molecule is Cc1cc(C(=O)Nc2cccc(NS(=O)(=O)c3ccccc3)c2)c(C)n1Cc1ccco1. The second-order valence-corrected chi connectivity index (χ2v) is 9.09. The number of benzene rings is 2. The van der Waals surface area contributed by atoms with Gasteiger partial charge in [0.2, 0.25) is 0 Å². The van der Waals surface area contributed by atoms with Gasteiger partial charge in [0, 0.05) is 17.1 Å². The number of rotatable bonds is 7. The lowest BCUT2D eigenvalue weighted by Gasteiger charge is -2.11. The van der Waals surface area contributed by atoms with E-state index in [1.54, 1.807) is 48.7 Å². The van der Waals surface area contributed by atoms with Gasteiger partial charge < -0.3 is 14.3 Å². The molecule has 164 valence electrons. The van der Waals surface area contributed by atoms with Crippen molar-refractivity contribution in [3.63, 3.8) is 0 Å². The second kappa shape index (κ2) is 8.76. The van der Waals surface area contributed by atoms with Crippen LogP contribution in [0.15, 0.2) is 88.4 Å². The van der Waals surface area contributed by atoms with Crippen molar-refractivity contribution in [1.82, 2.24) is 4.57 Å². The van der Waals surface area contributed by atoms with E-state index < -0.39 is 10.0 Å². The number of nitrogens with zero attached hydrogens (tertiary/aromatic N) is 1. The molecule has 0 spiro atoms. The van der Waals surface area contributed by atoms with Crippen LogP contribution >= 0.6 is 0 Å². The summed E-state index contributed by atoms with van der Waals surface area (Å²) in [5.74, 6) is 0.532. The Balaban J connectivity index is 1.51. The molecule has 0 aliphatic heterocycles. The van der Waals surface area contributed by atoms with Crippen LogP contribution in [0.3, 0.4) is 0 Å². The lowest BCUT2D eigenvalue weighted by molar-refractivity contribution is 0.102. The first-order valence-electron chi connectivity index (χ1n) is 10.0. The fourth-order valence-electron chi connectivity index (χ4n) is 3.51. The van der Waals surface area contributed by atoms with Crippen LogP contribution in [0.1, 0.15) is 27.5 Å². The number of nitrogens with one attached hydrogen (secondary N) is 2. The summed E-state index contributed by atoms with van der Waals surface area (Å²) in [6.07, 6.45) is 1.62. The minimum absolute atomic E-state index is 0.165. The van der Waals surface area contributed by atoms with Crippen molar-refractivity contribution in [1.29, 1.82) is 0 Å². The van der Waals surface area contributed by atoms with Crippen LogP contribution in [0.2, 0.25) is 0 Å². The van der Waals surface area contributed by atoms with Gasteiger partial charge in [-0.3, -0.25) is 9.52 Å². The lowest BCUT2D eigenvalue weighted by atomic mass is 10.2. The molecule has 0 saturated heterocycles. The molecule has 0 saturated carbocycles. The van der Waals surface area contributed by atoms with Crippen molar-refractivity contribution in [2.45, 2.75) is 25.3 Å². The quantitative estimate of drug-likeness (QED) is 0.424. The summed E-state index contributed by atoms with van der Waals surface area (Å²) in [5.41, 5.74) is 3.14. The van der Waals surface area contributed by atoms with E-state index >= 15 is 0 Å². The summed E-state index contributed by atoms with van der Waals surface area (Å²) < 4.78 is 35.1. The Morgan fingerprint density at radius 3 is 2.41 bits per heavy atom. The number of hydrogen-bond acceptors (Lipinski definition) is 4. The van der Waals surface area contributed by atoms with Crippen LogP contribution in [-0.2, 0) is 16.6 Å². The molecule has 2 N–H and O–H groups in total. The Morgan fingerprint density at radius 1 is 0.938 bits per heavy atom. The molecule has 0 radical (unpaired) electrons. The number of anilines is 2. The number of furan rings is 1. The molecule has 8 heteroatoms. The summed E-state index contributed by atoms with van der Waals surface area (Å²) in [6, 6.07) is 20.3. The molecule has 0 aliphatic carbocycles. The zero-order valence-corrected chi connectivity index (χ0v) is 18.5. The Bertz CT molecular complexity index is 1340. The standard InChI is InChI=1S/C24H23N3O4S/c1-17-14-23(18(2)27(17)16-21-10-7-13-31-21)24(28)25-19-8-6-9-20(15-19)26-32(29,30)22-11-4-3-5-12-22/h3-15,26H,16H2,1-2H3,(H,25,28). The first kappa shape index (κ1) is 21.5. The third-order valence-corrected chi connectivity index (χ3v) is 6.54. The van der Waals surface area contributed by atoms with E-state index in [0.717, 1.165) is 17.1 Å². The highest BCUT2D eigenvalue weighted by Gasteiger charge is 2.18. The molecule has 7 nitrogen and oxygen atoms in total. The smallest absolute Gasteiger partial charge is 0.261 e. The molecule has 4 rings (SSSR count). The maximum absolute atomic E-state index is 12.9. The fourth-order valence-corrected chi connectivity index (χ4v) is 4.58. The lowest BCUT2D eigenvalue weighted by Crippen LogP contribution is -2.15. The first-order chi connectivity index (χ1) is 15.3.